The van der Waals surface area contributed by atoms with Gasteiger partial charge in [-0.1, -0.05) is 0 Å². The number of aromatic nitrogens is 1. The van der Waals surface area contributed by atoms with Gasteiger partial charge in [0.2, 0.25) is 0 Å². The number of carbonyl (C=O) groups excluding carboxylic acids is 1. The molecule has 0 aliphatic carbocycles. The molecule has 0 unspecified atom stereocenters. The van der Waals surface area contributed by atoms with Gasteiger partial charge in [-0.05, 0) is 42.8 Å². The van der Waals surface area contributed by atoms with Crippen LogP contribution in [0, 0.1) is 12.7 Å². The first kappa shape index (κ1) is 12.0. The highest BCUT2D eigenvalue weighted by molar-refractivity contribution is 5.92. The van der Waals surface area contributed by atoms with Gasteiger partial charge in [0.25, 0.3) is 11.5 Å². The average molecular weight is 246 g/mol. The maximum atomic E-state index is 12.8. The smallest absolute Gasteiger partial charge is 0.267 e. The number of rotatable bonds is 2. The van der Waals surface area contributed by atoms with E-state index in [0.717, 1.165) is 0 Å². The third-order valence-corrected chi connectivity index (χ3v) is 2.52. The summed E-state index contributed by atoms with van der Waals surface area (Å²) in [7, 11) is 0. The fraction of sp³-hybridized carbons (Fsp3) is 0.0769. The first-order chi connectivity index (χ1) is 8.49. The van der Waals surface area contributed by atoms with Gasteiger partial charge in [-0.25, -0.2) is 4.39 Å². The van der Waals surface area contributed by atoms with Crippen LogP contribution in [-0.2, 0) is 0 Å². The zero-order chi connectivity index (χ0) is 13.3. The Hall–Kier alpha value is -2.43. The van der Waals surface area contributed by atoms with Crippen LogP contribution in [0.15, 0.2) is 41.3 Å². The van der Waals surface area contributed by atoms with Crippen LogP contribution in [0.1, 0.15) is 15.9 Å². The maximum absolute atomic E-state index is 12.8. The van der Waals surface area contributed by atoms with Crippen molar-refractivity contribution < 1.29 is 9.18 Å². The normalized spacial score (nSPS) is 10.3. The van der Waals surface area contributed by atoms with Gasteiger partial charge in [-0.3, -0.25) is 14.2 Å². The highest BCUT2D eigenvalue weighted by Crippen LogP contribution is 2.09. The number of hydrogen-bond acceptors (Lipinski definition) is 2. The van der Waals surface area contributed by atoms with E-state index >= 15 is 0 Å². The highest BCUT2D eigenvalue weighted by atomic mass is 19.1. The lowest BCUT2D eigenvalue weighted by atomic mass is 10.2. The summed E-state index contributed by atoms with van der Waals surface area (Å²) in [5.74, 6) is -1.17. The zero-order valence-corrected chi connectivity index (χ0v) is 9.68. The van der Waals surface area contributed by atoms with Crippen molar-refractivity contribution in [3.05, 3.63) is 63.8 Å². The fourth-order valence-electron chi connectivity index (χ4n) is 1.69. The first-order valence-corrected chi connectivity index (χ1v) is 5.28. The van der Waals surface area contributed by atoms with Gasteiger partial charge in [0.15, 0.2) is 0 Å². The second-order valence-electron chi connectivity index (χ2n) is 3.95. The van der Waals surface area contributed by atoms with E-state index in [-0.39, 0.29) is 5.56 Å². The Morgan fingerprint density at radius 2 is 1.89 bits per heavy atom. The molecule has 2 rings (SSSR count). The number of benzene rings is 1. The van der Waals surface area contributed by atoms with E-state index in [4.69, 9.17) is 5.73 Å². The monoisotopic (exact) mass is 246 g/mol. The summed E-state index contributed by atoms with van der Waals surface area (Å²) in [6, 6.07) is 6.84. The lowest BCUT2D eigenvalue weighted by Crippen LogP contribution is -2.28. The lowest BCUT2D eigenvalue weighted by molar-refractivity contribution is 0.0998. The molecule has 0 bridgehead atoms. The van der Waals surface area contributed by atoms with Gasteiger partial charge >= 0.3 is 0 Å². The molecule has 0 radical (unpaired) electrons. The molecule has 2 aromatic rings. The maximum Gasteiger partial charge on any atom is 0.267 e. The number of primary amides is 1. The van der Waals surface area contributed by atoms with Crippen molar-refractivity contribution in [1.82, 2.24) is 4.57 Å². The Morgan fingerprint density at radius 1 is 1.28 bits per heavy atom. The topological polar surface area (TPSA) is 65.1 Å². The molecule has 0 aliphatic heterocycles. The molecule has 1 amide bonds. The molecule has 1 aromatic heterocycles. The van der Waals surface area contributed by atoms with E-state index in [1.165, 1.54) is 34.9 Å². The molecule has 0 spiro atoms. The molecule has 18 heavy (non-hydrogen) atoms. The van der Waals surface area contributed by atoms with E-state index in [2.05, 4.69) is 0 Å². The predicted molar refractivity (Wildman–Crippen MR) is 65.3 cm³/mol. The molecule has 5 heteroatoms. The molecule has 0 atom stereocenters. The van der Waals surface area contributed by atoms with Gasteiger partial charge in [0.1, 0.15) is 11.4 Å². The Bertz CT molecular complexity index is 660. The summed E-state index contributed by atoms with van der Waals surface area (Å²) in [5.41, 5.74) is 5.74. The summed E-state index contributed by atoms with van der Waals surface area (Å²) in [4.78, 5) is 23.2. The molecule has 1 aromatic carbocycles. The molecular weight excluding hydrogens is 235 g/mol. The van der Waals surface area contributed by atoms with Crippen molar-refractivity contribution in [1.29, 1.82) is 0 Å². The minimum absolute atomic E-state index is 0.0840. The standard InChI is InChI=1S/C13H11FN2O2/c1-8-6-11(12(15)17)13(18)16(7-8)10-4-2-9(14)3-5-10/h2-7H,1H3,(H2,15,17). The lowest BCUT2D eigenvalue weighted by Gasteiger charge is -2.08. The van der Waals surface area contributed by atoms with E-state index in [0.29, 0.717) is 11.3 Å². The van der Waals surface area contributed by atoms with Gasteiger partial charge < -0.3 is 5.73 Å². The van der Waals surface area contributed by atoms with Crippen LogP contribution >= 0.6 is 0 Å². The van der Waals surface area contributed by atoms with Crippen LogP contribution in [-0.4, -0.2) is 10.5 Å². The Morgan fingerprint density at radius 3 is 2.44 bits per heavy atom. The van der Waals surface area contributed by atoms with Crippen molar-refractivity contribution >= 4 is 5.91 Å². The Balaban J connectivity index is 2.68. The SMILES string of the molecule is Cc1cc(C(N)=O)c(=O)n(-c2ccc(F)cc2)c1. The van der Waals surface area contributed by atoms with E-state index in [9.17, 15) is 14.0 Å². The number of hydrogen-bond donors (Lipinski definition) is 1. The third-order valence-electron chi connectivity index (χ3n) is 2.52. The molecule has 2 N–H and O–H groups in total. The van der Waals surface area contributed by atoms with Crippen LogP contribution < -0.4 is 11.3 Å². The van der Waals surface area contributed by atoms with Crippen molar-refractivity contribution in [3.63, 3.8) is 0 Å². The number of aryl methyl sites for hydroxylation is 1. The second-order valence-corrected chi connectivity index (χ2v) is 3.95. The molecule has 92 valence electrons. The van der Waals surface area contributed by atoms with E-state index in [1.54, 1.807) is 13.1 Å². The van der Waals surface area contributed by atoms with Crippen LogP contribution in [0.25, 0.3) is 5.69 Å². The van der Waals surface area contributed by atoms with Crippen LogP contribution in [0.5, 0.6) is 0 Å². The molecular formula is C13H11FN2O2. The molecule has 0 fully saturated rings. The predicted octanol–water partition coefficient (Wildman–Crippen LogP) is 1.38. The Labute approximate surface area is 102 Å². The summed E-state index contributed by atoms with van der Waals surface area (Å²) >= 11 is 0. The first-order valence-electron chi connectivity index (χ1n) is 5.28. The number of amides is 1. The largest absolute Gasteiger partial charge is 0.365 e. The highest BCUT2D eigenvalue weighted by Gasteiger charge is 2.11. The number of halogens is 1. The summed E-state index contributed by atoms with van der Waals surface area (Å²) < 4.78 is 14.1. The molecule has 0 aliphatic rings. The number of nitrogens with zero attached hydrogens (tertiary/aromatic N) is 1. The minimum Gasteiger partial charge on any atom is -0.365 e. The molecule has 4 nitrogen and oxygen atoms in total. The summed E-state index contributed by atoms with van der Waals surface area (Å²) in [6.07, 6.45) is 1.57. The number of carbonyl (C=O) groups is 1. The summed E-state index contributed by atoms with van der Waals surface area (Å²) in [5, 5.41) is 0. The van der Waals surface area contributed by atoms with Gasteiger partial charge in [-0.2, -0.15) is 0 Å². The van der Waals surface area contributed by atoms with Crippen LogP contribution in [0.2, 0.25) is 0 Å². The van der Waals surface area contributed by atoms with Gasteiger partial charge in [-0.15, -0.1) is 0 Å². The summed E-state index contributed by atoms with van der Waals surface area (Å²) in [6.45, 7) is 1.74. The minimum atomic E-state index is -0.778. The fourth-order valence-corrected chi connectivity index (χ4v) is 1.69. The van der Waals surface area contributed by atoms with Gasteiger partial charge in [0.05, 0.1) is 0 Å². The van der Waals surface area contributed by atoms with Gasteiger partial charge in [0, 0.05) is 11.9 Å². The van der Waals surface area contributed by atoms with E-state index in [1.807, 2.05) is 0 Å². The second kappa shape index (κ2) is 4.44. The van der Waals surface area contributed by atoms with Crippen molar-refractivity contribution in [3.8, 4) is 5.69 Å². The van der Waals surface area contributed by atoms with Crippen LogP contribution in [0.3, 0.4) is 0 Å². The van der Waals surface area contributed by atoms with Crippen LogP contribution in [0.4, 0.5) is 4.39 Å². The van der Waals surface area contributed by atoms with E-state index < -0.39 is 17.3 Å². The average Bonchev–Trinajstić information content (AvgIpc) is 2.32. The zero-order valence-electron chi connectivity index (χ0n) is 9.68. The molecule has 1 heterocycles. The number of nitrogens with two attached hydrogens (primary N) is 1. The quantitative estimate of drug-likeness (QED) is 0.870. The van der Waals surface area contributed by atoms with Crippen molar-refractivity contribution in [2.45, 2.75) is 6.92 Å². The van der Waals surface area contributed by atoms with Crippen molar-refractivity contribution in [2.24, 2.45) is 5.73 Å². The Kier molecular flexibility index (Phi) is 2.97. The molecule has 0 saturated heterocycles. The third kappa shape index (κ3) is 2.15. The van der Waals surface area contributed by atoms with Crippen molar-refractivity contribution in [2.75, 3.05) is 0 Å². The molecule has 0 saturated carbocycles. The number of pyridine rings is 1.